The second-order valence-corrected chi connectivity index (χ2v) is 15.0. The van der Waals surface area contributed by atoms with E-state index in [4.69, 9.17) is 9.47 Å². The fourth-order valence-corrected chi connectivity index (χ4v) is 6.52. The highest BCUT2D eigenvalue weighted by Crippen LogP contribution is 2.30. The third-order valence-electron chi connectivity index (χ3n) is 9.89. The van der Waals surface area contributed by atoms with E-state index in [-0.39, 0.29) is 50.1 Å². The second-order valence-electron chi connectivity index (χ2n) is 15.0. The fourth-order valence-electron chi connectivity index (χ4n) is 6.52. The van der Waals surface area contributed by atoms with Gasteiger partial charge in [-0.3, -0.25) is 38.3 Å². The number of hydrogen-bond acceptors (Lipinski definition) is 10. The molecule has 2 rings (SSSR count). The lowest BCUT2D eigenvalue weighted by Gasteiger charge is -2.19. The molecule has 4 amide bonds. The molecule has 1 aromatic heterocycles. The zero-order chi connectivity index (χ0) is 42.9. The Morgan fingerprint density at radius 1 is 0.845 bits per heavy atom. The maximum atomic E-state index is 14.7. The monoisotopic (exact) mass is 824 g/mol. The van der Waals surface area contributed by atoms with Crippen molar-refractivity contribution in [3.63, 3.8) is 0 Å². The minimum Gasteiger partial charge on any atom is -0.480 e. The number of rotatable bonds is 30. The van der Waals surface area contributed by atoms with Crippen molar-refractivity contribution in [2.45, 2.75) is 173 Å². The first-order valence-corrected chi connectivity index (χ1v) is 20.8. The van der Waals surface area contributed by atoms with Crippen molar-refractivity contribution in [3.8, 4) is 0 Å². The molecule has 58 heavy (non-hydrogen) atoms. The predicted octanol–water partition coefficient (Wildman–Crippen LogP) is 3.36. The van der Waals surface area contributed by atoms with Crippen LogP contribution in [0.25, 0.3) is 0 Å². The molecular weight excluding hydrogens is 759 g/mol. The van der Waals surface area contributed by atoms with Crippen LogP contribution in [0, 0.1) is 6.92 Å². The van der Waals surface area contributed by atoms with Crippen molar-refractivity contribution >= 4 is 35.6 Å². The highest BCUT2D eigenvalue weighted by atomic mass is 19.1. The number of carbonyl (C=O) groups is 6. The average Bonchev–Trinajstić information content (AvgIpc) is 3.54. The highest BCUT2D eigenvalue weighted by Gasteiger charge is 2.38. The number of ether oxygens (including phenoxy) is 2. The lowest BCUT2D eigenvalue weighted by atomic mass is 10.1. The number of aromatic nitrogens is 2. The summed E-state index contributed by atoms with van der Waals surface area (Å²) in [6.45, 7) is 4.62. The van der Waals surface area contributed by atoms with Crippen LogP contribution in [-0.2, 0) is 38.2 Å². The molecule has 2 heterocycles. The summed E-state index contributed by atoms with van der Waals surface area (Å²) in [4.78, 5) is 99.3. The Bertz CT molecular complexity index is 1580. The van der Waals surface area contributed by atoms with Crippen LogP contribution >= 0.6 is 0 Å². The van der Waals surface area contributed by atoms with Crippen molar-refractivity contribution in [1.29, 1.82) is 0 Å². The summed E-state index contributed by atoms with van der Waals surface area (Å²) < 4.78 is 26.4. The first-order chi connectivity index (χ1) is 27.7. The maximum absolute atomic E-state index is 14.7. The molecule has 1 aliphatic rings. The number of unbranched alkanes of at least 4 members (excludes halogenated alkanes) is 11. The van der Waals surface area contributed by atoms with E-state index < -0.39 is 78.1 Å². The summed E-state index contributed by atoms with van der Waals surface area (Å²) >= 11 is 0. The normalized spacial score (nSPS) is 17.2. The van der Waals surface area contributed by atoms with Crippen LogP contribution in [0.2, 0.25) is 0 Å². The summed E-state index contributed by atoms with van der Waals surface area (Å²) in [7, 11) is 0. The van der Waals surface area contributed by atoms with Gasteiger partial charge >= 0.3 is 17.6 Å². The molecule has 1 fully saturated rings. The third kappa shape index (κ3) is 20.2. The Balaban J connectivity index is 1.63. The van der Waals surface area contributed by atoms with E-state index in [0.717, 1.165) is 23.8 Å². The van der Waals surface area contributed by atoms with Crippen LogP contribution in [0.4, 0.5) is 4.39 Å². The number of carboxylic acids is 1. The van der Waals surface area contributed by atoms with Gasteiger partial charge < -0.3 is 35.8 Å². The molecule has 0 aromatic carbocycles. The van der Waals surface area contributed by atoms with Gasteiger partial charge in [-0.15, -0.1) is 0 Å². The van der Waals surface area contributed by atoms with E-state index in [9.17, 15) is 47.9 Å². The van der Waals surface area contributed by atoms with Crippen molar-refractivity contribution in [3.05, 3.63) is 32.6 Å². The van der Waals surface area contributed by atoms with Crippen LogP contribution < -0.4 is 32.5 Å². The maximum Gasteiger partial charge on any atom is 0.330 e. The molecular formula is C40H65FN6O11. The lowest BCUT2D eigenvalue weighted by molar-refractivity contribution is -0.150. The topological polar surface area (TPSA) is 244 Å². The van der Waals surface area contributed by atoms with Gasteiger partial charge in [0.2, 0.25) is 23.6 Å². The van der Waals surface area contributed by atoms with Crippen molar-refractivity contribution in [1.82, 2.24) is 30.8 Å². The number of carbonyl (C=O) groups excluding carboxylic acids is 5. The molecule has 328 valence electrons. The van der Waals surface area contributed by atoms with E-state index in [1.807, 2.05) is 0 Å². The van der Waals surface area contributed by atoms with E-state index in [1.54, 1.807) is 0 Å². The fraction of sp³-hybridized carbons (Fsp3) is 0.750. The number of hydrogen-bond donors (Lipinski definition) is 6. The Morgan fingerprint density at radius 2 is 1.50 bits per heavy atom. The molecule has 6 N–H and O–H groups in total. The number of nitrogens with zero attached hydrogens (tertiary/aromatic N) is 1. The SMILES string of the molecule is CCCCCCCCCCCCCC(=O)NCCCC[C@H](NC(=O)CCNC(=O)[C@H](CCC(=O)OC[C@H]1O[C@@H](n2cc(C)c(=O)[nH]c2=O)C[C@@H]1F)NC(C)=O)C(=O)O. The van der Waals surface area contributed by atoms with E-state index >= 15 is 0 Å². The molecule has 1 saturated heterocycles. The van der Waals surface area contributed by atoms with Crippen LogP contribution in [-0.4, -0.2) is 94.3 Å². The largest absolute Gasteiger partial charge is 0.480 e. The second kappa shape index (κ2) is 27.9. The Morgan fingerprint density at radius 3 is 2.14 bits per heavy atom. The number of carboxylic acid groups (broad SMARTS) is 1. The number of aromatic amines is 1. The zero-order valence-electron chi connectivity index (χ0n) is 34.4. The number of esters is 1. The minimum absolute atomic E-state index is 0.0255. The van der Waals surface area contributed by atoms with E-state index in [2.05, 4.69) is 33.2 Å². The molecule has 0 saturated carbocycles. The zero-order valence-corrected chi connectivity index (χ0v) is 34.4. The molecule has 5 atom stereocenters. The lowest BCUT2D eigenvalue weighted by Crippen LogP contribution is -2.47. The van der Waals surface area contributed by atoms with Gasteiger partial charge in [0, 0.05) is 57.5 Å². The number of nitrogens with one attached hydrogen (secondary N) is 5. The first kappa shape index (κ1) is 49.5. The van der Waals surface area contributed by atoms with Crippen LogP contribution in [0.3, 0.4) is 0 Å². The van der Waals surface area contributed by atoms with Gasteiger partial charge in [0.1, 0.15) is 37.2 Å². The molecule has 1 aliphatic heterocycles. The molecule has 0 bridgehead atoms. The molecule has 17 nitrogen and oxygen atoms in total. The van der Waals surface area contributed by atoms with Crippen LogP contribution in [0.15, 0.2) is 15.8 Å². The van der Waals surface area contributed by atoms with Gasteiger partial charge in [0.15, 0.2) is 0 Å². The summed E-state index contributed by atoms with van der Waals surface area (Å²) in [6, 6.07) is -2.32. The molecule has 1 aromatic rings. The summed E-state index contributed by atoms with van der Waals surface area (Å²) in [5.74, 6) is -3.91. The molecule has 0 aliphatic carbocycles. The van der Waals surface area contributed by atoms with Gasteiger partial charge in [-0.1, -0.05) is 71.1 Å². The molecule has 0 unspecified atom stereocenters. The number of H-pyrrole nitrogens is 1. The number of amides is 4. The number of aryl methyl sites for hydroxylation is 1. The number of halogens is 1. The quantitative estimate of drug-likeness (QED) is 0.0485. The molecule has 0 spiro atoms. The standard InChI is InChI=1S/C40H65FN6O11/c1-4-5-6-7-8-9-10-11-12-13-14-18-33(49)42-22-16-15-17-31(39(54)55)45-34(50)21-23-43-38(53)30(44-28(3)48)19-20-36(51)57-26-32-29(41)24-35(58-32)47-25-27(2)37(52)46-40(47)56/h25,29-32,35H,4-24,26H2,1-3H3,(H,42,49)(H,43,53)(H,44,48)(H,45,50)(H,54,55)(H,46,52,56)/t29-,30-,31-,32+,35+/m0/s1. The van der Waals surface area contributed by atoms with Gasteiger partial charge in [-0.05, 0) is 39.0 Å². The van der Waals surface area contributed by atoms with Crippen molar-refractivity contribution in [2.75, 3.05) is 19.7 Å². The van der Waals surface area contributed by atoms with E-state index in [0.29, 0.717) is 25.8 Å². The smallest absolute Gasteiger partial charge is 0.330 e. The van der Waals surface area contributed by atoms with Crippen molar-refractivity contribution in [2.24, 2.45) is 0 Å². The van der Waals surface area contributed by atoms with Crippen LogP contribution in [0.5, 0.6) is 0 Å². The van der Waals surface area contributed by atoms with Gasteiger partial charge in [0.05, 0.1) is 0 Å². The van der Waals surface area contributed by atoms with Gasteiger partial charge in [-0.25, -0.2) is 14.0 Å². The summed E-state index contributed by atoms with van der Waals surface area (Å²) in [5.41, 5.74) is -1.12. The Hall–Kier alpha value is -4.61. The van der Waals surface area contributed by atoms with Gasteiger partial charge in [-0.2, -0.15) is 0 Å². The predicted molar refractivity (Wildman–Crippen MR) is 212 cm³/mol. The Labute approximate surface area is 339 Å². The van der Waals surface area contributed by atoms with Crippen LogP contribution in [0.1, 0.15) is 148 Å². The summed E-state index contributed by atoms with van der Waals surface area (Å²) in [6.07, 6.45) is 11.3. The van der Waals surface area contributed by atoms with E-state index in [1.165, 1.54) is 71.4 Å². The Kier molecular flexibility index (Phi) is 23.8. The highest BCUT2D eigenvalue weighted by molar-refractivity contribution is 5.88. The minimum atomic E-state index is -1.58. The number of alkyl halides is 1. The van der Waals surface area contributed by atoms with Gasteiger partial charge in [0.25, 0.3) is 5.56 Å². The average molecular weight is 825 g/mol. The number of aliphatic carboxylic acids is 1. The summed E-state index contributed by atoms with van der Waals surface area (Å²) in [5, 5.41) is 19.8. The van der Waals surface area contributed by atoms with Crippen molar-refractivity contribution < 1.29 is 47.7 Å². The molecule has 18 heteroatoms. The molecule has 0 radical (unpaired) electrons. The first-order valence-electron chi connectivity index (χ1n) is 20.8. The third-order valence-corrected chi connectivity index (χ3v) is 9.89.